The van der Waals surface area contributed by atoms with Crippen LogP contribution in [0.2, 0.25) is 0 Å². The largest absolute Gasteiger partial charge is 0.373 e. The Morgan fingerprint density at radius 3 is 2.82 bits per heavy atom. The van der Waals surface area contributed by atoms with Crippen LogP contribution < -0.4 is 0 Å². The van der Waals surface area contributed by atoms with Gasteiger partial charge in [-0.2, -0.15) is 0 Å². The molecule has 2 rings (SSSR count). The summed E-state index contributed by atoms with van der Waals surface area (Å²) in [7, 11) is 0. The first kappa shape index (κ1) is 6.73. The predicted molar refractivity (Wildman–Crippen MR) is 40.0 cm³/mol. The molecular formula is C8H10N2O. The number of ether oxygens (including phenoxy) is 1. The SMILES string of the molecule is c1ncc(C2CCCO2)cn1. The van der Waals surface area contributed by atoms with Crippen molar-refractivity contribution in [3.8, 4) is 0 Å². The minimum atomic E-state index is 0.246. The number of nitrogens with zero attached hydrogens (tertiary/aromatic N) is 2. The molecule has 1 fully saturated rings. The van der Waals surface area contributed by atoms with E-state index in [4.69, 9.17) is 4.74 Å². The quantitative estimate of drug-likeness (QED) is 0.605. The second kappa shape index (κ2) is 2.96. The summed E-state index contributed by atoms with van der Waals surface area (Å²) in [4.78, 5) is 7.88. The lowest BCUT2D eigenvalue weighted by atomic mass is 10.1. The van der Waals surface area contributed by atoms with Gasteiger partial charge in [-0.25, -0.2) is 9.97 Å². The van der Waals surface area contributed by atoms with E-state index in [1.165, 1.54) is 0 Å². The minimum Gasteiger partial charge on any atom is -0.373 e. The van der Waals surface area contributed by atoms with E-state index in [1.54, 1.807) is 6.33 Å². The van der Waals surface area contributed by atoms with Crippen molar-refractivity contribution in [1.82, 2.24) is 9.97 Å². The highest BCUT2D eigenvalue weighted by Crippen LogP contribution is 2.26. The maximum Gasteiger partial charge on any atom is 0.115 e. The van der Waals surface area contributed by atoms with E-state index in [0.29, 0.717) is 0 Å². The van der Waals surface area contributed by atoms with Crippen molar-refractivity contribution in [2.45, 2.75) is 18.9 Å². The first-order chi connectivity index (χ1) is 5.47. The molecule has 1 unspecified atom stereocenters. The summed E-state index contributed by atoms with van der Waals surface area (Å²) >= 11 is 0. The summed E-state index contributed by atoms with van der Waals surface area (Å²) in [5, 5.41) is 0. The Kier molecular flexibility index (Phi) is 1.81. The fraction of sp³-hybridized carbons (Fsp3) is 0.500. The van der Waals surface area contributed by atoms with E-state index < -0.39 is 0 Å². The number of rotatable bonds is 1. The van der Waals surface area contributed by atoms with Crippen LogP contribution in [0.15, 0.2) is 18.7 Å². The van der Waals surface area contributed by atoms with Crippen molar-refractivity contribution in [3.63, 3.8) is 0 Å². The first-order valence-electron chi connectivity index (χ1n) is 3.83. The van der Waals surface area contributed by atoms with Crippen LogP contribution in [0.4, 0.5) is 0 Å². The van der Waals surface area contributed by atoms with E-state index in [0.717, 1.165) is 25.0 Å². The van der Waals surface area contributed by atoms with Crippen LogP contribution in [0, 0.1) is 0 Å². The van der Waals surface area contributed by atoms with Gasteiger partial charge in [0.15, 0.2) is 0 Å². The van der Waals surface area contributed by atoms with Gasteiger partial charge in [0.05, 0.1) is 6.10 Å². The summed E-state index contributed by atoms with van der Waals surface area (Å²) in [5.41, 5.74) is 1.10. The maximum absolute atomic E-state index is 5.46. The third-order valence-corrected chi connectivity index (χ3v) is 1.88. The van der Waals surface area contributed by atoms with Crippen LogP contribution in [-0.2, 0) is 4.74 Å². The van der Waals surface area contributed by atoms with Gasteiger partial charge in [0.2, 0.25) is 0 Å². The molecule has 58 valence electrons. The summed E-state index contributed by atoms with van der Waals surface area (Å²) < 4.78 is 5.46. The Labute approximate surface area is 65.4 Å². The van der Waals surface area contributed by atoms with E-state index in [9.17, 15) is 0 Å². The number of hydrogen-bond acceptors (Lipinski definition) is 3. The van der Waals surface area contributed by atoms with Crippen LogP contribution >= 0.6 is 0 Å². The Bertz CT molecular complexity index is 219. The molecule has 0 amide bonds. The Hall–Kier alpha value is -0.960. The Balaban J connectivity index is 2.16. The molecule has 11 heavy (non-hydrogen) atoms. The molecule has 0 aromatic carbocycles. The van der Waals surface area contributed by atoms with Gasteiger partial charge in [0.1, 0.15) is 6.33 Å². The first-order valence-corrected chi connectivity index (χ1v) is 3.83. The van der Waals surface area contributed by atoms with Crippen LogP contribution in [0.25, 0.3) is 0 Å². The predicted octanol–water partition coefficient (Wildman–Crippen LogP) is 1.33. The van der Waals surface area contributed by atoms with Gasteiger partial charge in [0, 0.05) is 24.6 Å². The van der Waals surface area contributed by atoms with E-state index in [1.807, 2.05) is 12.4 Å². The van der Waals surface area contributed by atoms with Crippen LogP contribution in [0.3, 0.4) is 0 Å². The third kappa shape index (κ3) is 1.38. The van der Waals surface area contributed by atoms with Gasteiger partial charge >= 0.3 is 0 Å². The fourth-order valence-corrected chi connectivity index (χ4v) is 1.32. The lowest BCUT2D eigenvalue weighted by Gasteiger charge is -2.06. The average molecular weight is 150 g/mol. The van der Waals surface area contributed by atoms with Crippen molar-refractivity contribution in [3.05, 3.63) is 24.3 Å². The normalized spacial score (nSPS) is 23.8. The topological polar surface area (TPSA) is 35.0 Å². The van der Waals surface area contributed by atoms with Crippen molar-refractivity contribution in [2.24, 2.45) is 0 Å². The standard InChI is InChI=1S/C8H10N2O/c1-2-8(11-3-1)7-4-9-6-10-5-7/h4-6,8H,1-3H2. The number of hydrogen-bond donors (Lipinski definition) is 0. The molecule has 0 N–H and O–H groups in total. The van der Waals surface area contributed by atoms with Crippen LogP contribution in [0.1, 0.15) is 24.5 Å². The van der Waals surface area contributed by atoms with Gasteiger partial charge in [-0.3, -0.25) is 0 Å². The number of aromatic nitrogens is 2. The van der Waals surface area contributed by atoms with Gasteiger partial charge in [-0.15, -0.1) is 0 Å². The van der Waals surface area contributed by atoms with E-state index in [2.05, 4.69) is 9.97 Å². The molecule has 1 aromatic rings. The highest BCUT2D eigenvalue weighted by atomic mass is 16.5. The van der Waals surface area contributed by atoms with Gasteiger partial charge in [-0.05, 0) is 12.8 Å². The molecule has 1 atom stereocenters. The monoisotopic (exact) mass is 150 g/mol. The van der Waals surface area contributed by atoms with Crippen LogP contribution in [0.5, 0.6) is 0 Å². The van der Waals surface area contributed by atoms with Crippen molar-refractivity contribution in [1.29, 1.82) is 0 Å². The Morgan fingerprint density at radius 1 is 1.36 bits per heavy atom. The molecule has 0 radical (unpaired) electrons. The molecule has 0 saturated carbocycles. The summed E-state index contributed by atoms with van der Waals surface area (Å²) in [5.74, 6) is 0. The molecule has 3 nitrogen and oxygen atoms in total. The zero-order chi connectivity index (χ0) is 7.52. The average Bonchev–Trinajstić information content (AvgIpc) is 2.58. The molecule has 1 aliphatic heterocycles. The molecule has 3 heteroatoms. The molecule has 0 aliphatic carbocycles. The van der Waals surface area contributed by atoms with Crippen molar-refractivity contribution < 1.29 is 4.74 Å². The van der Waals surface area contributed by atoms with Crippen LogP contribution in [-0.4, -0.2) is 16.6 Å². The second-order valence-corrected chi connectivity index (χ2v) is 2.67. The molecule has 1 aromatic heterocycles. The summed E-state index contributed by atoms with van der Waals surface area (Å²) in [6, 6.07) is 0. The van der Waals surface area contributed by atoms with Gasteiger partial charge < -0.3 is 4.74 Å². The fourth-order valence-electron chi connectivity index (χ4n) is 1.32. The summed E-state index contributed by atoms with van der Waals surface area (Å²) in [6.45, 7) is 0.875. The van der Waals surface area contributed by atoms with Crippen molar-refractivity contribution >= 4 is 0 Å². The Morgan fingerprint density at radius 2 is 2.18 bits per heavy atom. The molecular weight excluding hydrogens is 140 g/mol. The van der Waals surface area contributed by atoms with E-state index >= 15 is 0 Å². The second-order valence-electron chi connectivity index (χ2n) is 2.67. The molecule has 1 aliphatic rings. The lowest BCUT2D eigenvalue weighted by molar-refractivity contribution is 0.111. The lowest BCUT2D eigenvalue weighted by Crippen LogP contribution is -1.96. The van der Waals surface area contributed by atoms with Gasteiger partial charge in [0.25, 0.3) is 0 Å². The molecule has 0 bridgehead atoms. The molecule has 0 spiro atoms. The minimum absolute atomic E-state index is 0.246. The van der Waals surface area contributed by atoms with Crippen molar-refractivity contribution in [2.75, 3.05) is 6.61 Å². The smallest absolute Gasteiger partial charge is 0.115 e. The highest BCUT2D eigenvalue weighted by Gasteiger charge is 2.17. The van der Waals surface area contributed by atoms with E-state index in [-0.39, 0.29) is 6.10 Å². The highest BCUT2D eigenvalue weighted by molar-refractivity contribution is 5.07. The van der Waals surface area contributed by atoms with Gasteiger partial charge in [-0.1, -0.05) is 0 Å². The maximum atomic E-state index is 5.46. The zero-order valence-corrected chi connectivity index (χ0v) is 6.23. The molecule has 1 saturated heterocycles. The zero-order valence-electron chi connectivity index (χ0n) is 6.23. The molecule has 2 heterocycles. The summed E-state index contributed by atoms with van der Waals surface area (Å²) in [6.07, 6.45) is 7.69. The third-order valence-electron chi connectivity index (χ3n) is 1.88.